The first kappa shape index (κ1) is 21.3. The van der Waals surface area contributed by atoms with Gasteiger partial charge in [0.2, 0.25) is 0 Å². The zero-order valence-electron chi connectivity index (χ0n) is 18.3. The summed E-state index contributed by atoms with van der Waals surface area (Å²) >= 11 is 0. The van der Waals surface area contributed by atoms with Crippen LogP contribution in [0, 0.1) is 0 Å². The van der Waals surface area contributed by atoms with Crippen LogP contribution in [0.1, 0.15) is 56.9 Å². The highest BCUT2D eigenvalue weighted by Crippen LogP contribution is 2.51. The molecule has 0 amide bonds. The van der Waals surface area contributed by atoms with E-state index in [9.17, 15) is 9.59 Å². The van der Waals surface area contributed by atoms with Gasteiger partial charge in [-0.05, 0) is 12.0 Å². The van der Waals surface area contributed by atoms with E-state index in [0.29, 0.717) is 36.5 Å². The number of carbonyl (C=O) groups is 2. The summed E-state index contributed by atoms with van der Waals surface area (Å²) in [5.74, 6) is -2.03. The molecule has 164 valence electrons. The number of hydrogen-bond donors (Lipinski definition) is 0. The lowest BCUT2D eigenvalue weighted by molar-refractivity contribution is -0.938. The summed E-state index contributed by atoms with van der Waals surface area (Å²) in [6.07, 6.45) is 6.07. The number of morpholine rings is 1. The number of fused-ring (bicyclic) bond motifs is 5. The standard InChI is InChI=1S/C24H34NO5/c1-4-5-6-10-13-28-23(26)20(16-11-8-7-9-12-16)24(27)29-17-14-18-21-22(30-21)19(15-17)25(18,2)3/h7-9,11-12,17-22H,4-6,10,13-15H2,1-3H3/q+1/t17?,18-,19+,20?,21-,22+. The minimum atomic E-state index is -1.02. The van der Waals surface area contributed by atoms with Gasteiger partial charge in [-0.2, -0.15) is 0 Å². The predicted octanol–water partition coefficient (Wildman–Crippen LogP) is 3.19. The molecule has 6 atom stereocenters. The van der Waals surface area contributed by atoms with Crippen molar-refractivity contribution < 1.29 is 28.3 Å². The lowest BCUT2D eigenvalue weighted by atomic mass is 9.95. The smallest absolute Gasteiger partial charge is 0.325 e. The molecule has 3 aliphatic heterocycles. The summed E-state index contributed by atoms with van der Waals surface area (Å²) in [6, 6.07) is 9.81. The van der Waals surface area contributed by atoms with Crippen molar-refractivity contribution in [2.24, 2.45) is 0 Å². The van der Waals surface area contributed by atoms with E-state index >= 15 is 0 Å². The number of epoxide rings is 1. The lowest BCUT2D eigenvalue weighted by Crippen LogP contribution is -2.60. The molecule has 3 aliphatic rings. The van der Waals surface area contributed by atoms with Crippen LogP contribution < -0.4 is 0 Å². The molecule has 30 heavy (non-hydrogen) atoms. The third-order valence-electron chi connectivity index (χ3n) is 7.17. The summed E-state index contributed by atoms with van der Waals surface area (Å²) in [7, 11) is 4.48. The Morgan fingerprint density at radius 2 is 1.70 bits per heavy atom. The Morgan fingerprint density at radius 1 is 1.03 bits per heavy atom. The van der Waals surface area contributed by atoms with Gasteiger partial charge in [-0.3, -0.25) is 9.59 Å². The molecule has 3 fully saturated rings. The third-order valence-corrected chi connectivity index (χ3v) is 7.17. The normalized spacial score (nSPS) is 31.5. The van der Waals surface area contributed by atoms with Gasteiger partial charge < -0.3 is 18.7 Å². The summed E-state index contributed by atoms with van der Waals surface area (Å²) in [5.41, 5.74) is 0.627. The second-order valence-corrected chi connectivity index (χ2v) is 9.43. The van der Waals surface area contributed by atoms with Gasteiger partial charge in [-0.1, -0.05) is 56.5 Å². The SMILES string of the molecule is CCCCCCOC(=O)C(C(=O)OC1C[C@@H]2[C@H]3O[C@H]3[C@H](C1)[N+]2(C)C)c1ccccc1. The second-order valence-electron chi connectivity index (χ2n) is 9.43. The molecule has 0 aliphatic carbocycles. The van der Waals surface area contributed by atoms with Crippen molar-refractivity contribution in [1.82, 2.24) is 0 Å². The molecule has 2 unspecified atom stereocenters. The van der Waals surface area contributed by atoms with Crippen LogP contribution in [0.5, 0.6) is 0 Å². The average Bonchev–Trinajstić information content (AvgIpc) is 3.47. The van der Waals surface area contributed by atoms with E-state index in [1.807, 2.05) is 18.2 Å². The van der Waals surface area contributed by atoms with Crippen molar-refractivity contribution in [1.29, 1.82) is 0 Å². The fourth-order valence-electron chi connectivity index (χ4n) is 5.33. The van der Waals surface area contributed by atoms with Crippen LogP contribution in [-0.2, 0) is 23.8 Å². The number of carbonyl (C=O) groups excluding carboxylic acids is 2. The molecule has 2 bridgehead atoms. The summed E-state index contributed by atoms with van der Waals surface area (Å²) < 4.78 is 18.1. The molecule has 0 N–H and O–H groups in total. The fourth-order valence-corrected chi connectivity index (χ4v) is 5.33. The number of likely N-dealkylation sites (N-methyl/N-ethyl adjacent to an activating group) is 1. The second kappa shape index (κ2) is 8.67. The molecule has 0 spiro atoms. The van der Waals surface area contributed by atoms with Gasteiger partial charge in [-0.15, -0.1) is 0 Å². The van der Waals surface area contributed by atoms with E-state index in [-0.39, 0.29) is 6.10 Å². The first-order chi connectivity index (χ1) is 14.4. The Morgan fingerprint density at radius 3 is 2.33 bits per heavy atom. The maximum atomic E-state index is 13.1. The highest BCUT2D eigenvalue weighted by atomic mass is 16.6. The van der Waals surface area contributed by atoms with Crippen LogP contribution >= 0.6 is 0 Å². The number of piperidine rings is 1. The van der Waals surface area contributed by atoms with Crippen LogP contribution in [0.2, 0.25) is 0 Å². The molecule has 0 aromatic heterocycles. The molecule has 1 aromatic carbocycles. The Kier molecular flexibility index (Phi) is 6.16. The number of benzene rings is 1. The number of nitrogens with zero attached hydrogens (tertiary/aromatic N) is 1. The highest BCUT2D eigenvalue weighted by molar-refractivity contribution is 6.00. The maximum absolute atomic E-state index is 13.1. The zero-order valence-corrected chi connectivity index (χ0v) is 18.3. The predicted molar refractivity (Wildman–Crippen MR) is 112 cm³/mol. The Hall–Kier alpha value is -1.92. The summed E-state index contributed by atoms with van der Waals surface area (Å²) in [6.45, 7) is 2.48. The van der Waals surface area contributed by atoms with Crippen LogP contribution in [0.25, 0.3) is 0 Å². The topological polar surface area (TPSA) is 65.1 Å². The monoisotopic (exact) mass is 416 g/mol. The average molecular weight is 417 g/mol. The molecular formula is C24H34NO5+. The number of unbranched alkanes of at least 4 members (excludes halogenated alkanes) is 3. The number of ether oxygens (including phenoxy) is 3. The first-order valence-corrected chi connectivity index (χ1v) is 11.3. The lowest BCUT2D eigenvalue weighted by Gasteiger charge is -2.45. The van der Waals surface area contributed by atoms with E-state index in [4.69, 9.17) is 14.2 Å². The summed E-state index contributed by atoms with van der Waals surface area (Å²) in [4.78, 5) is 25.9. The van der Waals surface area contributed by atoms with Crippen LogP contribution in [0.15, 0.2) is 30.3 Å². The molecule has 4 rings (SSSR count). The Labute approximate surface area is 179 Å². The molecule has 6 heteroatoms. The molecule has 0 saturated carbocycles. The number of rotatable bonds is 9. The quantitative estimate of drug-likeness (QED) is 0.203. The van der Waals surface area contributed by atoms with Crippen molar-refractivity contribution in [2.75, 3.05) is 20.7 Å². The highest BCUT2D eigenvalue weighted by Gasteiger charge is 2.70. The van der Waals surface area contributed by atoms with E-state index in [1.165, 1.54) is 0 Å². The number of esters is 2. The Bertz CT molecular complexity index is 744. The van der Waals surface area contributed by atoms with Gasteiger partial charge in [0.05, 0.1) is 20.7 Å². The molecule has 3 heterocycles. The largest absolute Gasteiger partial charge is 0.465 e. The van der Waals surface area contributed by atoms with Gasteiger partial charge in [-0.25, -0.2) is 0 Å². The van der Waals surface area contributed by atoms with Gasteiger partial charge in [0.1, 0.15) is 30.4 Å². The first-order valence-electron chi connectivity index (χ1n) is 11.3. The van der Waals surface area contributed by atoms with E-state index < -0.39 is 17.9 Å². The van der Waals surface area contributed by atoms with Gasteiger partial charge in [0.15, 0.2) is 5.92 Å². The maximum Gasteiger partial charge on any atom is 0.325 e. The zero-order chi connectivity index (χ0) is 21.3. The van der Waals surface area contributed by atoms with Crippen LogP contribution in [-0.4, -0.2) is 67.5 Å². The van der Waals surface area contributed by atoms with Gasteiger partial charge in [0, 0.05) is 12.8 Å². The van der Waals surface area contributed by atoms with Crippen LogP contribution in [0.3, 0.4) is 0 Å². The van der Waals surface area contributed by atoms with Gasteiger partial charge >= 0.3 is 11.9 Å². The van der Waals surface area contributed by atoms with Crippen molar-refractivity contribution >= 4 is 11.9 Å². The van der Waals surface area contributed by atoms with Crippen molar-refractivity contribution in [3.63, 3.8) is 0 Å². The Balaban J connectivity index is 1.40. The molecule has 1 aromatic rings. The third kappa shape index (κ3) is 4.12. The number of quaternary nitrogens is 1. The van der Waals surface area contributed by atoms with E-state index in [1.54, 1.807) is 12.1 Å². The molecule has 3 saturated heterocycles. The minimum absolute atomic E-state index is 0.168. The van der Waals surface area contributed by atoms with Crippen molar-refractivity contribution in [3.05, 3.63) is 35.9 Å². The van der Waals surface area contributed by atoms with Crippen LogP contribution in [0.4, 0.5) is 0 Å². The molecular weight excluding hydrogens is 382 g/mol. The van der Waals surface area contributed by atoms with Crippen molar-refractivity contribution in [3.8, 4) is 0 Å². The van der Waals surface area contributed by atoms with Gasteiger partial charge in [0.25, 0.3) is 0 Å². The van der Waals surface area contributed by atoms with E-state index in [2.05, 4.69) is 21.0 Å². The van der Waals surface area contributed by atoms with E-state index in [0.717, 1.165) is 43.0 Å². The molecule has 6 nitrogen and oxygen atoms in total. The minimum Gasteiger partial charge on any atom is -0.465 e. The molecule has 0 radical (unpaired) electrons. The fraction of sp³-hybridized carbons (Fsp3) is 0.667. The number of hydrogen-bond acceptors (Lipinski definition) is 5. The van der Waals surface area contributed by atoms with Crippen molar-refractivity contribution in [2.45, 2.75) is 81.8 Å². The summed E-state index contributed by atoms with van der Waals surface area (Å²) in [5, 5.41) is 0.